The number of anilines is 1. The predicted molar refractivity (Wildman–Crippen MR) is 69.2 cm³/mol. The van der Waals surface area contributed by atoms with Crippen molar-refractivity contribution < 1.29 is 9.53 Å². The number of rotatable bonds is 5. The van der Waals surface area contributed by atoms with Crippen LogP contribution in [0.25, 0.3) is 0 Å². The van der Waals surface area contributed by atoms with Gasteiger partial charge in [-0.3, -0.25) is 0 Å². The standard InChI is InChI=1S/C13H20N2O2/c1-13(2,14)8-9-15-11-7-5-4-6-10(11)12(16)17-3/h4-7,15H,8-9,14H2,1-3H3. The highest BCUT2D eigenvalue weighted by atomic mass is 16.5. The van der Waals surface area contributed by atoms with Gasteiger partial charge in [-0.05, 0) is 32.4 Å². The molecule has 1 rings (SSSR count). The van der Waals surface area contributed by atoms with Gasteiger partial charge in [-0.2, -0.15) is 0 Å². The summed E-state index contributed by atoms with van der Waals surface area (Å²) in [5.41, 5.74) is 7.00. The van der Waals surface area contributed by atoms with Crippen molar-refractivity contribution in [2.45, 2.75) is 25.8 Å². The highest BCUT2D eigenvalue weighted by Gasteiger charge is 2.13. The van der Waals surface area contributed by atoms with Gasteiger partial charge in [0.15, 0.2) is 0 Å². The quantitative estimate of drug-likeness (QED) is 0.768. The van der Waals surface area contributed by atoms with Crippen molar-refractivity contribution in [1.29, 1.82) is 0 Å². The van der Waals surface area contributed by atoms with E-state index in [0.717, 1.165) is 18.7 Å². The molecular formula is C13H20N2O2. The molecule has 0 atom stereocenters. The van der Waals surface area contributed by atoms with Crippen molar-refractivity contribution in [3.8, 4) is 0 Å². The third-order valence-electron chi connectivity index (χ3n) is 2.42. The van der Waals surface area contributed by atoms with Crippen molar-refractivity contribution >= 4 is 11.7 Å². The van der Waals surface area contributed by atoms with Gasteiger partial charge in [0, 0.05) is 17.8 Å². The van der Waals surface area contributed by atoms with E-state index in [-0.39, 0.29) is 11.5 Å². The zero-order valence-corrected chi connectivity index (χ0v) is 10.6. The lowest BCUT2D eigenvalue weighted by Crippen LogP contribution is -2.34. The summed E-state index contributed by atoms with van der Waals surface area (Å²) in [6.07, 6.45) is 0.822. The van der Waals surface area contributed by atoms with E-state index >= 15 is 0 Å². The Labute approximate surface area is 102 Å². The number of carbonyl (C=O) groups is 1. The molecular weight excluding hydrogens is 216 g/mol. The summed E-state index contributed by atoms with van der Waals surface area (Å²) in [6, 6.07) is 7.28. The molecule has 0 heterocycles. The van der Waals surface area contributed by atoms with Crippen molar-refractivity contribution in [2.75, 3.05) is 19.0 Å². The molecule has 0 unspecified atom stereocenters. The number of methoxy groups -OCH3 is 1. The summed E-state index contributed by atoms with van der Waals surface area (Å²) in [6.45, 7) is 4.67. The Bertz CT molecular complexity index is 383. The Morgan fingerprint density at radius 3 is 2.65 bits per heavy atom. The lowest BCUT2D eigenvalue weighted by molar-refractivity contribution is 0.0602. The van der Waals surface area contributed by atoms with Crippen LogP contribution < -0.4 is 11.1 Å². The van der Waals surface area contributed by atoms with Crippen LogP contribution in [-0.4, -0.2) is 25.2 Å². The number of esters is 1. The van der Waals surface area contributed by atoms with Crippen LogP contribution in [0.3, 0.4) is 0 Å². The fraction of sp³-hybridized carbons (Fsp3) is 0.462. The first-order valence-corrected chi connectivity index (χ1v) is 5.64. The minimum absolute atomic E-state index is 0.215. The van der Waals surface area contributed by atoms with Gasteiger partial charge < -0.3 is 15.8 Å². The number of nitrogens with two attached hydrogens (primary N) is 1. The Morgan fingerprint density at radius 2 is 2.06 bits per heavy atom. The molecule has 0 saturated carbocycles. The normalized spacial score (nSPS) is 11.1. The summed E-state index contributed by atoms with van der Waals surface area (Å²) in [5.74, 6) is -0.333. The van der Waals surface area contributed by atoms with Gasteiger partial charge in [-0.1, -0.05) is 12.1 Å². The van der Waals surface area contributed by atoms with Crippen molar-refractivity contribution in [3.63, 3.8) is 0 Å². The fourth-order valence-electron chi connectivity index (χ4n) is 1.44. The van der Waals surface area contributed by atoms with E-state index in [2.05, 4.69) is 5.32 Å². The van der Waals surface area contributed by atoms with Crippen LogP contribution in [0.15, 0.2) is 24.3 Å². The van der Waals surface area contributed by atoms with Gasteiger partial charge >= 0.3 is 5.97 Å². The Kier molecular flexibility index (Phi) is 4.52. The SMILES string of the molecule is COC(=O)c1ccccc1NCCC(C)(C)N. The topological polar surface area (TPSA) is 64.3 Å². The summed E-state index contributed by atoms with van der Waals surface area (Å²) in [4.78, 5) is 11.5. The predicted octanol–water partition coefficient (Wildman–Crippen LogP) is 2.01. The van der Waals surface area contributed by atoms with Crippen LogP contribution in [0.5, 0.6) is 0 Å². The van der Waals surface area contributed by atoms with E-state index in [1.54, 1.807) is 6.07 Å². The van der Waals surface area contributed by atoms with Crippen LogP contribution in [0, 0.1) is 0 Å². The Hall–Kier alpha value is -1.55. The summed E-state index contributed by atoms with van der Waals surface area (Å²) >= 11 is 0. The molecule has 0 fully saturated rings. The van der Waals surface area contributed by atoms with Crippen molar-refractivity contribution in [3.05, 3.63) is 29.8 Å². The maximum atomic E-state index is 11.5. The number of para-hydroxylation sites is 1. The zero-order valence-electron chi connectivity index (χ0n) is 10.6. The maximum absolute atomic E-state index is 11.5. The molecule has 0 aromatic heterocycles. The molecule has 1 aromatic rings. The molecule has 17 heavy (non-hydrogen) atoms. The second kappa shape index (κ2) is 5.68. The average molecular weight is 236 g/mol. The number of hydrogen-bond acceptors (Lipinski definition) is 4. The Balaban J connectivity index is 2.68. The molecule has 1 aromatic carbocycles. The van der Waals surface area contributed by atoms with Gasteiger partial charge in [0.1, 0.15) is 0 Å². The molecule has 0 aliphatic rings. The Morgan fingerprint density at radius 1 is 1.41 bits per heavy atom. The summed E-state index contributed by atoms with van der Waals surface area (Å²) in [7, 11) is 1.38. The molecule has 0 radical (unpaired) electrons. The van der Waals surface area contributed by atoms with E-state index in [1.165, 1.54) is 7.11 Å². The molecule has 0 spiro atoms. The van der Waals surface area contributed by atoms with E-state index in [4.69, 9.17) is 10.5 Å². The second-order valence-corrected chi connectivity index (χ2v) is 4.70. The average Bonchev–Trinajstić information content (AvgIpc) is 2.27. The van der Waals surface area contributed by atoms with E-state index in [9.17, 15) is 4.79 Å². The van der Waals surface area contributed by atoms with Crippen LogP contribution in [0.2, 0.25) is 0 Å². The monoisotopic (exact) mass is 236 g/mol. The summed E-state index contributed by atoms with van der Waals surface area (Å²) in [5, 5.41) is 3.20. The molecule has 0 amide bonds. The van der Waals surface area contributed by atoms with Crippen LogP contribution in [0.1, 0.15) is 30.6 Å². The highest BCUT2D eigenvalue weighted by Crippen LogP contribution is 2.16. The molecule has 0 bridgehead atoms. The van der Waals surface area contributed by atoms with Crippen LogP contribution in [-0.2, 0) is 4.74 Å². The van der Waals surface area contributed by atoms with Crippen LogP contribution >= 0.6 is 0 Å². The minimum atomic E-state index is -0.333. The highest BCUT2D eigenvalue weighted by molar-refractivity contribution is 5.95. The lowest BCUT2D eigenvalue weighted by atomic mass is 10.0. The molecule has 3 N–H and O–H groups in total. The van der Waals surface area contributed by atoms with Gasteiger partial charge in [-0.15, -0.1) is 0 Å². The number of ether oxygens (including phenoxy) is 1. The van der Waals surface area contributed by atoms with E-state index in [1.807, 2.05) is 32.0 Å². The van der Waals surface area contributed by atoms with Crippen molar-refractivity contribution in [2.24, 2.45) is 5.73 Å². The molecule has 94 valence electrons. The van der Waals surface area contributed by atoms with Gasteiger partial charge in [0.05, 0.1) is 12.7 Å². The molecule has 4 nitrogen and oxygen atoms in total. The third-order valence-corrected chi connectivity index (χ3v) is 2.42. The first-order chi connectivity index (χ1) is 7.94. The first-order valence-electron chi connectivity index (χ1n) is 5.64. The molecule has 0 aliphatic carbocycles. The van der Waals surface area contributed by atoms with E-state index < -0.39 is 0 Å². The van der Waals surface area contributed by atoms with Gasteiger partial charge in [-0.25, -0.2) is 4.79 Å². The smallest absolute Gasteiger partial charge is 0.339 e. The fourth-order valence-corrected chi connectivity index (χ4v) is 1.44. The maximum Gasteiger partial charge on any atom is 0.339 e. The molecule has 0 aliphatic heterocycles. The van der Waals surface area contributed by atoms with Gasteiger partial charge in [0.25, 0.3) is 0 Å². The minimum Gasteiger partial charge on any atom is -0.465 e. The number of nitrogens with one attached hydrogen (secondary N) is 1. The third kappa shape index (κ3) is 4.44. The van der Waals surface area contributed by atoms with E-state index in [0.29, 0.717) is 5.56 Å². The number of carbonyl (C=O) groups excluding carboxylic acids is 1. The molecule has 4 heteroatoms. The van der Waals surface area contributed by atoms with Crippen molar-refractivity contribution in [1.82, 2.24) is 0 Å². The summed E-state index contributed by atoms with van der Waals surface area (Å²) < 4.78 is 4.72. The first kappa shape index (κ1) is 13.5. The van der Waals surface area contributed by atoms with Crippen LogP contribution in [0.4, 0.5) is 5.69 Å². The number of benzene rings is 1. The zero-order chi connectivity index (χ0) is 12.9. The lowest BCUT2D eigenvalue weighted by Gasteiger charge is -2.19. The largest absolute Gasteiger partial charge is 0.465 e. The second-order valence-electron chi connectivity index (χ2n) is 4.70. The van der Waals surface area contributed by atoms with Gasteiger partial charge in [0.2, 0.25) is 0 Å². The molecule has 0 saturated heterocycles. The number of hydrogen-bond donors (Lipinski definition) is 2.